The molecule has 7 heteroatoms. The van der Waals surface area contributed by atoms with E-state index in [0.717, 1.165) is 6.07 Å². The standard InChI is InChI=1S/C12H9FN2O2S2/c1-19-12(18)15-14-5-7-6-17-10-3-2-8(13)4-9(10)11(7)16/h2-6H,1H3,(H,15,18)/b14-5+. The van der Waals surface area contributed by atoms with Crippen molar-refractivity contribution in [1.82, 2.24) is 5.43 Å². The van der Waals surface area contributed by atoms with Crippen molar-refractivity contribution in [2.24, 2.45) is 5.10 Å². The Morgan fingerprint density at radius 1 is 1.58 bits per heavy atom. The van der Waals surface area contributed by atoms with Gasteiger partial charge in [0.05, 0.1) is 17.2 Å². The number of halogens is 1. The second-order valence-electron chi connectivity index (χ2n) is 3.52. The molecule has 0 aliphatic heterocycles. The van der Waals surface area contributed by atoms with Crippen LogP contribution in [0.2, 0.25) is 0 Å². The number of nitrogens with zero attached hydrogens (tertiary/aromatic N) is 1. The van der Waals surface area contributed by atoms with Crippen LogP contribution in [0.5, 0.6) is 0 Å². The number of hydrogen-bond acceptors (Lipinski definition) is 5. The number of thioether (sulfide) groups is 1. The summed E-state index contributed by atoms with van der Waals surface area (Å²) in [6.45, 7) is 0. The Morgan fingerprint density at radius 3 is 3.11 bits per heavy atom. The van der Waals surface area contributed by atoms with Gasteiger partial charge in [0.1, 0.15) is 17.7 Å². The van der Waals surface area contributed by atoms with Gasteiger partial charge in [0.15, 0.2) is 4.32 Å². The van der Waals surface area contributed by atoms with Crippen LogP contribution in [0.3, 0.4) is 0 Å². The fraction of sp³-hybridized carbons (Fsp3) is 0.0833. The summed E-state index contributed by atoms with van der Waals surface area (Å²) in [5.74, 6) is -0.490. The molecule has 0 unspecified atom stereocenters. The molecule has 98 valence electrons. The smallest absolute Gasteiger partial charge is 0.201 e. The SMILES string of the molecule is CSC(=S)N/N=C/c1coc2ccc(F)cc2c1=O. The third-order valence-electron chi connectivity index (χ3n) is 2.31. The van der Waals surface area contributed by atoms with Gasteiger partial charge in [-0.3, -0.25) is 10.2 Å². The summed E-state index contributed by atoms with van der Waals surface area (Å²) in [4.78, 5) is 12.0. The molecule has 4 nitrogen and oxygen atoms in total. The van der Waals surface area contributed by atoms with Gasteiger partial charge in [-0.25, -0.2) is 4.39 Å². The highest BCUT2D eigenvalue weighted by molar-refractivity contribution is 8.22. The summed E-state index contributed by atoms with van der Waals surface area (Å²) in [6.07, 6.45) is 4.37. The lowest BCUT2D eigenvalue weighted by atomic mass is 10.2. The molecule has 0 saturated heterocycles. The lowest BCUT2D eigenvalue weighted by Crippen LogP contribution is -2.13. The van der Waals surface area contributed by atoms with E-state index in [-0.39, 0.29) is 16.4 Å². The summed E-state index contributed by atoms with van der Waals surface area (Å²) in [6, 6.07) is 3.78. The van der Waals surface area contributed by atoms with E-state index in [1.807, 2.05) is 0 Å². The van der Waals surface area contributed by atoms with Crippen LogP contribution in [-0.2, 0) is 0 Å². The minimum atomic E-state index is -0.490. The van der Waals surface area contributed by atoms with Crippen LogP contribution >= 0.6 is 24.0 Å². The molecule has 0 fully saturated rings. The maximum absolute atomic E-state index is 13.1. The molecule has 0 amide bonds. The van der Waals surface area contributed by atoms with Gasteiger partial charge in [0, 0.05) is 0 Å². The maximum atomic E-state index is 13.1. The first-order chi connectivity index (χ1) is 9.11. The van der Waals surface area contributed by atoms with Gasteiger partial charge in [-0.05, 0) is 24.5 Å². The minimum Gasteiger partial charge on any atom is -0.463 e. The van der Waals surface area contributed by atoms with E-state index in [9.17, 15) is 9.18 Å². The maximum Gasteiger partial charge on any atom is 0.201 e. The Balaban J connectivity index is 2.37. The molecule has 19 heavy (non-hydrogen) atoms. The van der Waals surface area contributed by atoms with Crippen molar-refractivity contribution in [2.45, 2.75) is 0 Å². The number of thiocarbonyl (C=S) groups is 1. The second-order valence-corrected chi connectivity index (χ2v) is 5.01. The van der Waals surface area contributed by atoms with Crippen LogP contribution in [0.1, 0.15) is 5.56 Å². The zero-order valence-electron chi connectivity index (χ0n) is 9.84. The summed E-state index contributed by atoms with van der Waals surface area (Å²) in [7, 11) is 0. The molecular formula is C12H9FN2O2S2. The van der Waals surface area contributed by atoms with Gasteiger partial charge in [-0.2, -0.15) is 5.10 Å². The zero-order valence-corrected chi connectivity index (χ0v) is 11.5. The second kappa shape index (κ2) is 5.94. The Hall–Kier alpha value is -1.73. The minimum absolute atomic E-state index is 0.177. The summed E-state index contributed by atoms with van der Waals surface area (Å²) in [5, 5.41) is 3.99. The molecule has 0 spiro atoms. The normalized spacial score (nSPS) is 11.1. The monoisotopic (exact) mass is 296 g/mol. The third-order valence-corrected chi connectivity index (χ3v) is 3.36. The molecule has 1 aromatic heterocycles. The first-order valence-electron chi connectivity index (χ1n) is 5.20. The van der Waals surface area contributed by atoms with Crippen LogP contribution in [-0.4, -0.2) is 16.8 Å². The first-order valence-corrected chi connectivity index (χ1v) is 6.83. The Kier molecular flexibility index (Phi) is 4.28. The van der Waals surface area contributed by atoms with Crippen LogP contribution in [0.15, 0.2) is 38.8 Å². The molecule has 1 heterocycles. The third kappa shape index (κ3) is 3.18. The van der Waals surface area contributed by atoms with Crippen molar-refractivity contribution >= 4 is 45.5 Å². The molecule has 1 N–H and O–H groups in total. The summed E-state index contributed by atoms with van der Waals surface area (Å²) >= 11 is 6.21. The fourth-order valence-corrected chi connectivity index (χ4v) is 1.60. The molecule has 0 radical (unpaired) electrons. The number of nitrogens with one attached hydrogen (secondary N) is 1. The van der Waals surface area contributed by atoms with Gasteiger partial charge in [0.25, 0.3) is 0 Å². The average molecular weight is 296 g/mol. The number of hydrogen-bond donors (Lipinski definition) is 1. The van der Waals surface area contributed by atoms with Crippen molar-refractivity contribution in [3.05, 3.63) is 46.1 Å². The van der Waals surface area contributed by atoms with E-state index in [1.54, 1.807) is 6.26 Å². The molecule has 0 bridgehead atoms. The Bertz CT molecular complexity index is 712. The molecule has 2 rings (SSSR count). The van der Waals surface area contributed by atoms with Crippen LogP contribution < -0.4 is 10.9 Å². The number of benzene rings is 1. The van der Waals surface area contributed by atoms with E-state index in [0.29, 0.717) is 9.90 Å². The molecule has 0 saturated carbocycles. The molecule has 0 aliphatic carbocycles. The Labute approximate surface area is 117 Å². The van der Waals surface area contributed by atoms with Gasteiger partial charge >= 0.3 is 0 Å². The molecule has 2 aromatic rings. The van der Waals surface area contributed by atoms with E-state index < -0.39 is 5.82 Å². The first kappa shape index (κ1) is 13.7. The van der Waals surface area contributed by atoms with E-state index in [1.165, 1.54) is 36.4 Å². The Morgan fingerprint density at radius 2 is 2.37 bits per heavy atom. The lowest BCUT2D eigenvalue weighted by Gasteiger charge is -1.99. The van der Waals surface area contributed by atoms with E-state index >= 15 is 0 Å². The van der Waals surface area contributed by atoms with Gasteiger partial charge in [-0.15, -0.1) is 0 Å². The highest BCUT2D eigenvalue weighted by Crippen LogP contribution is 2.12. The number of fused-ring (bicyclic) bond motifs is 1. The number of hydrazone groups is 1. The average Bonchev–Trinajstić information content (AvgIpc) is 2.41. The highest BCUT2D eigenvalue weighted by Gasteiger charge is 2.06. The van der Waals surface area contributed by atoms with Crippen molar-refractivity contribution in [3.8, 4) is 0 Å². The number of rotatable bonds is 2. The lowest BCUT2D eigenvalue weighted by molar-refractivity contribution is 0.595. The van der Waals surface area contributed by atoms with Crippen LogP contribution in [0.4, 0.5) is 4.39 Å². The van der Waals surface area contributed by atoms with Gasteiger partial charge < -0.3 is 4.42 Å². The van der Waals surface area contributed by atoms with Crippen molar-refractivity contribution in [1.29, 1.82) is 0 Å². The van der Waals surface area contributed by atoms with Crippen LogP contribution in [0.25, 0.3) is 11.0 Å². The van der Waals surface area contributed by atoms with Crippen LogP contribution in [0, 0.1) is 5.82 Å². The molecule has 0 aliphatic rings. The quantitative estimate of drug-likeness (QED) is 0.524. The van der Waals surface area contributed by atoms with Crippen molar-refractivity contribution in [2.75, 3.05) is 6.26 Å². The summed E-state index contributed by atoms with van der Waals surface area (Å²) < 4.78 is 18.8. The molecule has 0 atom stereocenters. The predicted octanol–water partition coefficient (Wildman–Crippen LogP) is 2.50. The summed E-state index contributed by atoms with van der Waals surface area (Å²) in [5.41, 5.74) is 2.78. The van der Waals surface area contributed by atoms with Gasteiger partial charge in [0.2, 0.25) is 5.43 Å². The largest absolute Gasteiger partial charge is 0.463 e. The molecular weight excluding hydrogens is 287 g/mol. The van der Waals surface area contributed by atoms with E-state index in [2.05, 4.69) is 10.5 Å². The topological polar surface area (TPSA) is 54.6 Å². The van der Waals surface area contributed by atoms with Crippen molar-refractivity contribution < 1.29 is 8.81 Å². The zero-order chi connectivity index (χ0) is 13.8. The van der Waals surface area contributed by atoms with Crippen molar-refractivity contribution in [3.63, 3.8) is 0 Å². The predicted molar refractivity (Wildman–Crippen MR) is 79.3 cm³/mol. The highest BCUT2D eigenvalue weighted by atomic mass is 32.2. The fourth-order valence-electron chi connectivity index (χ4n) is 1.41. The van der Waals surface area contributed by atoms with Gasteiger partial charge in [-0.1, -0.05) is 24.0 Å². The van der Waals surface area contributed by atoms with E-state index in [4.69, 9.17) is 16.6 Å². The molecule has 1 aromatic carbocycles.